The highest BCUT2D eigenvalue weighted by molar-refractivity contribution is 9.10. The van der Waals surface area contributed by atoms with E-state index in [2.05, 4.69) is 33.0 Å². The normalized spacial score (nSPS) is 12.6. The van der Waals surface area contributed by atoms with Crippen LogP contribution in [0.1, 0.15) is 27.6 Å². The van der Waals surface area contributed by atoms with E-state index in [-0.39, 0.29) is 12.1 Å². The van der Waals surface area contributed by atoms with Gasteiger partial charge in [-0.3, -0.25) is 4.98 Å². The summed E-state index contributed by atoms with van der Waals surface area (Å²) in [5.74, 6) is -0.379. The fourth-order valence-corrected chi connectivity index (χ4v) is 3.30. The van der Waals surface area contributed by atoms with Crippen molar-refractivity contribution < 1.29 is 9.53 Å². The second-order valence-corrected chi connectivity index (χ2v) is 6.27. The molecule has 0 bridgehead atoms. The molecule has 1 aromatic heterocycles. The molecular formula is C19H12BrNO2. The molecule has 0 aliphatic heterocycles. The molecule has 1 aliphatic carbocycles. The third-order valence-electron chi connectivity index (χ3n) is 3.94. The molecule has 4 heteroatoms. The molecule has 2 aromatic carbocycles. The summed E-state index contributed by atoms with van der Waals surface area (Å²) in [6, 6.07) is 17.8. The maximum Gasteiger partial charge on any atom is 0.340 e. The first-order chi connectivity index (χ1) is 11.2. The monoisotopic (exact) mass is 365 g/mol. The molecule has 23 heavy (non-hydrogen) atoms. The van der Waals surface area contributed by atoms with Gasteiger partial charge in [-0.25, -0.2) is 4.79 Å². The lowest BCUT2D eigenvalue weighted by molar-refractivity contribution is 0.0385. The zero-order chi connectivity index (χ0) is 15.8. The molecule has 3 nitrogen and oxygen atoms in total. The lowest BCUT2D eigenvalue weighted by Gasteiger charge is -2.15. The zero-order valence-electron chi connectivity index (χ0n) is 12.1. The molecule has 1 aliphatic rings. The van der Waals surface area contributed by atoms with Crippen molar-refractivity contribution in [3.8, 4) is 11.1 Å². The van der Waals surface area contributed by atoms with Crippen LogP contribution in [-0.4, -0.2) is 11.0 Å². The van der Waals surface area contributed by atoms with Crippen LogP contribution in [0, 0.1) is 0 Å². The topological polar surface area (TPSA) is 39.2 Å². The van der Waals surface area contributed by atoms with Gasteiger partial charge in [0.05, 0.1) is 5.56 Å². The van der Waals surface area contributed by atoms with Gasteiger partial charge in [0.2, 0.25) is 0 Å². The lowest BCUT2D eigenvalue weighted by Crippen LogP contribution is -2.11. The van der Waals surface area contributed by atoms with E-state index in [0.29, 0.717) is 5.56 Å². The Kier molecular flexibility index (Phi) is 3.46. The van der Waals surface area contributed by atoms with E-state index in [1.807, 2.05) is 36.4 Å². The fourth-order valence-electron chi connectivity index (χ4n) is 2.93. The van der Waals surface area contributed by atoms with Gasteiger partial charge in [-0.1, -0.05) is 48.5 Å². The van der Waals surface area contributed by atoms with Crippen LogP contribution in [0.4, 0.5) is 0 Å². The van der Waals surface area contributed by atoms with Gasteiger partial charge in [0, 0.05) is 28.0 Å². The quantitative estimate of drug-likeness (QED) is 0.614. The first-order valence-corrected chi connectivity index (χ1v) is 8.03. The summed E-state index contributed by atoms with van der Waals surface area (Å²) in [6.07, 6.45) is 2.77. The van der Waals surface area contributed by atoms with Crippen molar-refractivity contribution in [1.82, 2.24) is 4.98 Å². The minimum atomic E-state index is -0.381. The van der Waals surface area contributed by atoms with Crippen molar-refractivity contribution in [1.29, 1.82) is 0 Å². The Morgan fingerprint density at radius 2 is 1.57 bits per heavy atom. The predicted octanol–water partition coefficient (Wildman–Crippen LogP) is 4.77. The number of carbonyl (C=O) groups is 1. The third kappa shape index (κ3) is 2.45. The molecule has 0 radical (unpaired) electrons. The molecule has 0 spiro atoms. The van der Waals surface area contributed by atoms with Gasteiger partial charge in [0.25, 0.3) is 0 Å². The molecular weight excluding hydrogens is 354 g/mol. The Bertz CT molecular complexity index is 862. The first-order valence-electron chi connectivity index (χ1n) is 7.24. The summed E-state index contributed by atoms with van der Waals surface area (Å²) >= 11 is 3.32. The van der Waals surface area contributed by atoms with Crippen LogP contribution in [-0.2, 0) is 4.74 Å². The number of esters is 1. The van der Waals surface area contributed by atoms with Crippen molar-refractivity contribution in [2.75, 3.05) is 0 Å². The fraction of sp³-hybridized carbons (Fsp3) is 0.0526. The Balaban J connectivity index is 1.73. The minimum Gasteiger partial charge on any atom is -0.449 e. The molecule has 0 unspecified atom stereocenters. The van der Waals surface area contributed by atoms with Gasteiger partial charge < -0.3 is 4.74 Å². The van der Waals surface area contributed by atoms with Crippen molar-refractivity contribution in [2.45, 2.75) is 6.10 Å². The van der Waals surface area contributed by atoms with Gasteiger partial charge in [-0.15, -0.1) is 0 Å². The highest BCUT2D eigenvalue weighted by Gasteiger charge is 2.31. The average molecular weight is 366 g/mol. The maximum atomic E-state index is 12.5. The molecule has 3 aromatic rings. The molecule has 0 atom stereocenters. The van der Waals surface area contributed by atoms with E-state index in [1.54, 1.807) is 12.3 Å². The van der Waals surface area contributed by atoms with Crippen LogP contribution in [0.5, 0.6) is 0 Å². The predicted molar refractivity (Wildman–Crippen MR) is 91.1 cm³/mol. The van der Waals surface area contributed by atoms with Crippen LogP contribution < -0.4 is 0 Å². The van der Waals surface area contributed by atoms with Gasteiger partial charge in [0.1, 0.15) is 0 Å². The number of halogens is 1. The number of ether oxygens (including phenoxy) is 1. The van der Waals surface area contributed by atoms with E-state index < -0.39 is 0 Å². The number of hydrogen-bond donors (Lipinski definition) is 0. The summed E-state index contributed by atoms with van der Waals surface area (Å²) in [5, 5.41) is 0. The van der Waals surface area contributed by atoms with Crippen LogP contribution in [0.2, 0.25) is 0 Å². The highest BCUT2D eigenvalue weighted by atomic mass is 79.9. The van der Waals surface area contributed by atoms with E-state index in [9.17, 15) is 4.79 Å². The Hall–Kier alpha value is -2.46. The summed E-state index contributed by atoms with van der Waals surface area (Å²) in [7, 11) is 0. The molecule has 1 heterocycles. The summed E-state index contributed by atoms with van der Waals surface area (Å²) in [4.78, 5) is 16.5. The Labute approximate surface area is 142 Å². The summed E-state index contributed by atoms with van der Waals surface area (Å²) in [6.45, 7) is 0. The Morgan fingerprint density at radius 1 is 0.957 bits per heavy atom. The minimum absolute atomic E-state index is 0.379. The molecule has 4 rings (SSSR count). The smallest absolute Gasteiger partial charge is 0.340 e. The lowest BCUT2D eigenvalue weighted by atomic mass is 10.1. The number of nitrogens with zero attached hydrogens (tertiary/aromatic N) is 1. The molecule has 0 N–H and O–H groups in total. The SMILES string of the molecule is O=C(OC1c2ccccc2-c2ccccc21)c1cncc(Br)c1. The number of rotatable bonds is 2. The summed E-state index contributed by atoms with van der Waals surface area (Å²) in [5.41, 5.74) is 4.71. The highest BCUT2D eigenvalue weighted by Crippen LogP contribution is 2.45. The Morgan fingerprint density at radius 3 is 2.17 bits per heavy atom. The van der Waals surface area contributed by atoms with Gasteiger partial charge in [-0.2, -0.15) is 0 Å². The van der Waals surface area contributed by atoms with Crippen molar-refractivity contribution >= 4 is 21.9 Å². The van der Waals surface area contributed by atoms with Crippen molar-refractivity contribution in [3.63, 3.8) is 0 Å². The number of benzene rings is 2. The van der Waals surface area contributed by atoms with E-state index >= 15 is 0 Å². The van der Waals surface area contributed by atoms with Crippen LogP contribution in [0.3, 0.4) is 0 Å². The standard InChI is InChI=1S/C19H12BrNO2/c20-13-9-12(10-21-11-13)19(22)23-18-16-7-3-1-5-14(16)15-6-2-4-8-17(15)18/h1-11,18H. The third-order valence-corrected chi connectivity index (χ3v) is 4.38. The van der Waals surface area contributed by atoms with Gasteiger partial charge in [0.15, 0.2) is 6.10 Å². The number of fused-ring (bicyclic) bond motifs is 3. The zero-order valence-corrected chi connectivity index (χ0v) is 13.7. The van der Waals surface area contributed by atoms with Crippen LogP contribution >= 0.6 is 15.9 Å². The van der Waals surface area contributed by atoms with Crippen LogP contribution in [0.15, 0.2) is 71.5 Å². The molecule has 112 valence electrons. The number of pyridine rings is 1. The molecule has 0 fully saturated rings. The number of aromatic nitrogens is 1. The van der Waals surface area contributed by atoms with Gasteiger partial charge in [-0.05, 0) is 33.1 Å². The van der Waals surface area contributed by atoms with Crippen molar-refractivity contribution in [3.05, 3.63) is 88.2 Å². The second-order valence-electron chi connectivity index (χ2n) is 5.35. The number of hydrogen-bond acceptors (Lipinski definition) is 3. The summed E-state index contributed by atoms with van der Waals surface area (Å²) < 4.78 is 6.55. The number of carbonyl (C=O) groups excluding carboxylic acids is 1. The molecule has 0 saturated carbocycles. The van der Waals surface area contributed by atoms with E-state index in [4.69, 9.17) is 4.74 Å². The second kappa shape index (κ2) is 5.63. The first kappa shape index (κ1) is 14.2. The molecule has 0 amide bonds. The van der Waals surface area contributed by atoms with E-state index in [0.717, 1.165) is 26.7 Å². The van der Waals surface area contributed by atoms with Crippen molar-refractivity contribution in [2.24, 2.45) is 0 Å². The average Bonchev–Trinajstić information content (AvgIpc) is 2.90. The largest absolute Gasteiger partial charge is 0.449 e. The van der Waals surface area contributed by atoms with E-state index in [1.165, 1.54) is 6.20 Å². The molecule has 0 saturated heterocycles. The van der Waals surface area contributed by atoms with Gasteiger partial charge >= 0.3 is 5.97 Å². The maximum absolute atomic E-state index is 12.5. The van der Waals surface area contributed by atoms with Crippen LogP contribution in [0.25, 0.3) is 11.1 Å².